The number of hydrogen-bond acceptors (Lipinski definition) is 3. The molecule has 0 spiro atoms. The number of nitrogens with zero attached hydrogens (tertiary/aromatic N) is 2. The zero-order valence-corrected chi connectivity index (χ0v) is 14.6. The van der Waals surface area contributed by atoms with Crippen LogP contribution in [0.1, 0.15) is 25.0 Å². The first-order chi connectivity index (χ1) is 11.9. The third-order valence-corrected chi connectivity index (χ3v) is 4.16. The van der Waals surface area contributed by atoms with Gasteiger partial charge in [-0.2, -0.15) is 13.2 Å². The molecule has 3 nitrogen and oxygen atoms in total. The van der Waals surface area contributed by atoms with E-state index in [0.717, 1.165) is 50.4 Å². The third-order valence-electron chi connectivity index (χ3n) is 4.16. The van der Waals surface area contributed by atoms with Gasteiger partial charge in [-0.15, -0.1) is 0 Å². The van der Waals surface area contributed by atoms with E-state index in [-0.39, 0.29) is 0 Å². The minimum atomic E-state index is -4.31. The quantitative estimate of drug-likeness (QED) is 0.723. The average molecular weight is 351 g/mol. The number of hydrogen-bond donors (Lipinski definition) is 1. The molecule has 0 radical (unpaired) electrons. The second kappa shape index (κ2) is 8.97. The number of aromatic nitrogens is 1. The molecule has 0 atom stereocenters. The van der Waals surface area contributed by atoms with E-state index in [0.29, 0.717) is 11.3 Å². The fourth-order valence-corrected chi connectivity index (χ4v) is 2.54. The SMILES string of the molecule is CCN(CC)CCNCc1ccc(-c2ccc(C(F)(F)F)cc2)nc1. The molecule has 2 aromatic rings. The van der Waals surface area contributed by atoms with Crippen LogP contribution in [0, 0.1) is 0 Å². The van der Waals surface area contributed by atoms with E-state index in [1.165, 1.54) is 12.1 Å². The summed E-state index contributed by atoms with van der Waals surface area (Å²) in [5, 5.41) is 3.38. The fourth-order valence-electron chi connectivity index (χ4n) is 2.54. The molecule has 0 bridgehead atoms. The zero-order valence-electron chi connectivity index (χ0n) is 14.6. The predicted octanol–water partition coefficient (Wildman–Crippen LogP) is 4.20. The van der Waals surface area contributed by atoms with Crippen LogP contribution in [0.5, 0.6) is 0 Å². The number of rotatable bonds is 8. The van der Waals surface area contributed by atoms with Crippen LogP contribution in [0.3, 0.4) is 0 Å². The van der Waals surface area contributed by atoms with E-state index in [2.05, 4.69) is 29.0 Å². The van der Waals surface area contributed by atoms with Gasteiger partial charge in [0.1, 0.15) is 0 Å². The number of halogens is 3. The maximum Gasteiger partial charge on any atom is 0.416 e. The van der Waals surface area contributed by atoms with Crippen molar-refractivity contribution in [1.29, 1.82) is 0 Å². The molecular weight excluding hydrogens is 327 g/mol. The number of alkyl halides is 3. The van der Waals surface area contributed by atoms with Crippen molar-refractivity contribution >= 4 is 0 Å². The first kappa shape index (κ1) is 19.4. The van der Waals surface area contributed by atoms with Crippen molar-refractivity contribution in [3.63, 3.8) is 0 Å². The molecule has 0 unspecified atom stereocenters. The standard InChI is InChI=1S/C19H24F3N3/c1-3-25(4-2)12-11-23-13-15-5-10-18(24-14-15)16-6-8-17(9-7-16)19(20,21)22/h5-10,14,23H,3-4,11-13H2,1-2H3. The highest BCUT2D eigenvalue weighted by Crippen LogP contribution is 2.30. The van der Waals surface area contributed by atoms with Gasteiger partial charge in [0, 0.05) is 31.4 Å². The lowest BCUT2D eigenvalue weighted by molar-refractivity contribution is -0.137. The lowest BCUT2D eigenvalue weighted by Gasteiger charge is -2.18. The van der Waals surface area contributed by atoms with Crippen molar-refractivity contribution < 1.29 is 13.2 Å². The van der Waals surface area contributed by atoms with Gasteiger partial charge in [0.05, 0.1) is 11.3 Å². The Morgan fingerprint density at radius 2 is 1.68 bits per heavy atom. The number of likely N-dealkylation sites (N-methyl/N-ethyl adjacent to an activating group) is 1. The molecule has 0 saturated carbocycles. The van der Waals surface area contributed by atoms with Gasteiger partial charge in [-0.3, -0.25) is 4.98 Å². The maximum atomic E-state index is 12.6. The van der Waals surface area contributed by atoms with E-state index < -0.39 is 11.7 Å². The number of nitrogens with one attached hydrogen (secondary N) is 1. The fraction of sp³-hybridized carbons (Fsp3) is 0.421. The second-order valence-electron chi connectivity index (χ2n) is 5.83. The normalized spacial score (nSPS) is 11.9. The topological polar surface area (TPSA) is 28.2 Å². The summed E-state index contributed by atoms with van der Waals surface area (Å²) in [4.78, 5) is 6.70. The van der Waals surface area contributed by atoms with Crippen LogP contribution >= 0.6 is 0 Å². The van der Waals surface area contributed by atoms with Crippen LogP contribution in [-0.2, 0) is 12.7 Å². The van der Waals surface area contributed by atoms with Gasteiger partial charge >= 0.3 is 6.18 Å². The second-order valence-corrected chi connectivity index (χ2v) is 5.83. The Hall–Kier alpha value is -1.92. The first-order valence-electron chi connectivity index (χ1n) is 8.49. The highest BCUT2D eigenvalue weighted by atomic mass is 19.4. The highest BCUT2D eigenvalue weighted by Gasteiger charge is 2.29. The van der Waals surface area contributed by atoms with Crippen molar-refractivity contribution in [2.24, 2.45) is 0 Å². The summed E-state index contributed by atoms with van der Waals surface area (Å²) in [6.45, 7) is 9.01. The molecule has 0 fully saturated rings. The van der Waals surface area contributed by atoms with E-state index >= 15 is 0 Å². The Balaban J connectivity index is 1.89. The first-order valence-corrected chi connectivity index (χ1v) is 8.49. The third kappa shape index (κ3) is 5.83. The summed E-state index contributed by atoms with van der Waals surface area (Å²) in [5.41, 5.74) is 1.75. The van der Waals surface area contributed by atoms with Crippen molar-refractivity contribution in [3.8, 4) is 11.3 Å². The van der Waals surface area contributed by atoms with Crippen LogP contribution in [0.4, 0.5) is 13.2 Å². The van der Waals surface area contributed by atoms with Crippen LogP contribution in [0.2, 0.25) is 0 Å². The van der Waals surface area contributed by atoms with Gasteiger partial charge in [0.2, 0.25) is 0 Å². The van der Waals surface area contributed by atoms with Gasteiger partial charge in [-0.05, 0) is 36.9 Å². The summed E-state index contributed by atoms with van der Waals surface area (Å²) < 4.78 is 37.8. The Morgan fingerprint density at radius 1 is 1.00 bits per heavy atom. The predicted molar refractivity (Wildman–Crippen MR) is 94.2 cm³/mol. The zero-order chi connectivity index (χ0) is 18.3. The molecule has 0 aliphatic rings. The molecule has 0 aliphatic carbocycles. The van der Waals surface area contributed by atoms with Crippen molar-refractivity contribution in [2.75, 3.05) is 26.2 Å². The summed E-state index contributed by atoms with van der Waals surface area (Å²) in [5.74, 6) is 0. The molecule has 1 heterocycles. The maximum absolute atomic E-state index is 12.6. The van der Waals surface area contributed by atoms with Crippen LogP contribution in [0.15, 0.2) is 42.6 Å². The van der Waals surface area contributed by atoms with Crippen LogP contribution < -0.4 is 5.32 Å². The Kier molecular flexibility index (Phi) is 6.96. The molecule has 2 rings (SSSR count). The van der Waals surface area contributed by atoms with Gasteiger partial charge in [0.15, 0.2) is 0 Å². The average Bonchev–Trinajstić information content (AvgIpc) is 2.62. The van der Waals surface area contributed by atoms with Gasteiger partial charge in [-0.1, -0.05) is 32.0 Å². The van der Waals surface area contributed by atoms with Crippen molar-refractivity contribution in [2.45, 2.75) is 26.6 Å². The van der Waals surface area contributed by atoms with E-state index in [1.54, 1.807) is 6.20 Å². The van der Waals surface area contributed by atoms with Crippen LogP contribution in [0.25, 0.3) is 11.3 Å². The molecule has 25 heavy (non-hydrogen) atoms. The number of benzene rings is 1. The van der Waals surface area contributed by atoms with E-state index in [9.17, 15) is 13.2 Å². The molecule has 0 saturated heterocycles. The molecule has 1 N–H and O–H groups in total. The Bertz CT molecular complexity index is 632. The summed E-state index contributed by atoms with van der Waals surface area (Å²) >= 11 is 0. The molecular formula is C19H24F3N3. The van der Waals surface area contributed by atoms with E-state index in [1.807, 2.05) is 12.1 Å². The van der Waals surface area contributed by atoms with Crippen LogP contribution in [-0.4, -0.2) is 36.1 Å². The molecule has 6 heteroatoms. The molecule has 1 aromatic carbocycles. The molecule has 0 aliphatic heterocycles. The largest absolute Gasteiger partial charge is 0.416 e. The van der Waals surface area contributed by atoms with Crippen molar-refractivity contribution in [1.82, 2.24) is 15.2 Å². The summed E-state index contributed by atoms with van der Waals surface area (Å²) in [6.07, 6.45) is -2.55. The lowest BCUT2D eigenvalue weighted by atomic mass is 10.1. The molecule has 136 valence electrons. The molecule has 1 aromatic heterocycles. The Morgan fingerprint density at radius 3 is 2.20 bits per heavy atom. The van der Waals surface area contributed by atoms with Gasteiger partial charge < -0.3 is 10.2 Å². The van der Waals surface area contributed by atoms with E-state index in [4.69, 9.17) is 0 Å². The van der Waals surface area contributed by atoms with Crippen molar-refractivity contribution in [3.05, 3.63) is 53.7 Å². The minimum Gasteiger partial charge on any atom is -0.311 e. The monoisotopic (exact) mass is 351 g/mol. The molecule has 0 amide bonds. The Labute approximate surface area is 146 Å². The highest BCUT2D eigenvalue weighted by molar-refractivity contribution is 5.59. The van der Waals surface area contributed by atoms with Gasteiger partial charge in [0.25, 0.3) is 0 Å². The lowest BCUT2D eigenvalue weighted by Crippen LogP contribution is -2.31. The summed E-state index contributed by atoms with van der Waals surface area (Å²) in [6, 6.07) is 8.86. The summed E-state index contributed by atoms with van der Waals surface area (Å²) in [7, 11) is 0. The van der Waals surface area contributed by atoms with Gasteiger partial charge in [-0.25, -0.2) is 0 Å². The minimum absolute atomic E-state index is 0.648. The smallest absolute Gasteiger partial charge is 0.311 e. The number of pyridine rings is 1.